The van der Waals surface area contributed by atoms with E-state index in [9.17, 15) is 0 Å². The Morgan fingerprint density at radius 3 is 2.85 bits per heavy atom. The van der Waals surface area contributed by atoms with Crippen LogP contribution < -0.4 is 5.32 Å². The first-order chi connectivity index (χ1) is 9.58. The van der Waals surface area contributed by atoms with Gasteiger partial charge in [-0.3, -0.25) is 4.90 Å². The Labute approximate surface area is 123 Å². The molecule has 1 aliphatic heterocycles. The second-order valence-corrected chi connectivity index (χ2v) is 6.20. The summed E-state index contributed by atoms with van der Waals surface area (Å²) in [5, 5.41) is 3.36. The molecule has 2 heterocycles. The van der Waals surface area contributed by atoms with Crippen molar-refractivity contribution in [3.63, 3.8) is 0 Å². The molecule has 0 spiro atoms. The first-order valence-corrected chi connectivity index (χ1v) is 7.91. The van der Waals surface area contributed by atoms with Crippen molar-refractivity contribution in [3.8, 4) is 0 Å². The van der Waals surface area contributed by atoms with Crippen LogP contribution in [0.25, 0.3) is 0 Å². The molecule has 4 heteroatoms. The number of aryl methyl sites for hydroxylation is 1. The van der Waals surface area contributed by atoms with E-state index in [0.717, 1.165) is 49.3 Å². The van der Waals surface area contributed by atoms with Gasteiger partial charge in [-0.05, 0) is 39.0 Å². The fourth-order valence-corrected chi connectivity index (χ4v) is 2.83. The molecule has 2 rings (SSSR count). The molecule has 0 bridgehead atoms. The van der Waals surface area contributed by atoms with E-state index in [1.165, 1.54) is 12.8 Å². The molecule has 1 fully saturated rings. The van der Waals surface area contributed by atoms with Gasteiger partial charge in [0.25, 0.3) is 0 Å². The number of hydrogen-bond donors (Lipinski definition) is 1. The highest BCUT2D eigenvalue weighted by molar-refractivity contribution is 5.35. The second-order valence-electron chi connectivity index (χ2n) is 6.20. The van der Waals surface area contributed by atoms with Gasteiger partial charge in [0.2, 0.25) is 0 Å². The number of piperidine rings is 1. The van der Waals surface area contributed by atoms with Gasteiger partial charge in [0, 0.05) is 30.9 Å². The predicted octanol–water partition coefficient (Wildman–Crippen LogP) is 3.23. The quantitative estimate of drug-likeness (QED) is 0.896. The summed E-state index contributed by atoms with van der Waals surface area (Å²) in [7, 11) is 0. The standard InChI is InChI=1S/C16H28N4/c1-5-8-17-15-9-13(3)18-16(19-15)11-20-10-12(2)6-7-14(20)4/h9,12,14H,5-8,10-11H2,1-4H3,(H,17,18,19). The third-order valence-electron chi connectivity index (χ3n) is 4.05. The summed E-state index contributed by atoms with van der Waals surface area (Å²) in [5.74, 6) is 2.70. The smallest absolute Gasteiger partial charge is 0.144 e. The van der Waals surface area contributed by atoms with E-state index in [0.29, 0.717) is 6.04 Å². The topological polar surface area (TPSA) is 41.1 Å². The van der Waals surface area contributed by atoms with Gasteiger partial charge < -0.3 is 5.32 Å². The van der Waals surface area contributed by atoms with Crippen molar-refractivity contribution in [2.24, 2.45) is 5.92 Å². The maximum atomic E-state index is 4.66. The van der Waals surface area contributed by atoms with Crippen molar-refractivity contribution in [1.82, 2.24) is 14.9 Å². The first kappa shape index (κ1) is 15.2. The molecule has 4 nitrogen and oxygen atoms in total. The molecule has 0 saturated carbocycles. The van der Waals surface area contributed by atoms with Gasteiger partial charge in [-0.2, -0.15) is 0 Å². The van der Waals surface area contributed by atoms with Gasteiger partial charge in [0.05, 0.1) is 6.54 Å². The second kappa shape index (κ2) is 7.02. The summed E-state index contributed by atoms with van der Waals surface area (Å²) < 4.78 is 0. The van der Waals surface area contributed by atoms with E-state index < -0.39 is 0 Å². The molecular formula is C16H28N4. The molecule has 112 valence electrons. The lowest BCUT2D eigenvalue weighted by atomic mass is 9.95. The van der Waals surface area contributed by atoms with E-state index in [-0.39, 0.29) is 0 Å². The lowest BCUT2D eigenvalue weighted by molar-refractivity contribution is 0.114. The van der Waals surface area contributed by atoms with Crippen molar-refractivity contribution in [3.05, 3.63) is 17.6 Å². The van der Waals surface area contributed by atoms with Crippen molar-refractivity contribution in [2.45, 2.75) is 59.5 Å². The predicted molar refractivity (Wildman–Crippen MR) is 83.8 cm³/mol. The van der Waals surface area contributed by atoms with Gasteiger partial charge in [0.1, 0.15) is 11.6 Å². The highest BCUT2D eigenvalue weighted by atomic mass is 15.2. The maximum Gasteiger partial charge on any atom is 0.144 e. The van der Waals surface area contributed by atoms with Gasteiger partial charge in [-0.25, -0.2) is 9.97 Å². The minimum Gasteiger partial charge on any atom is -0.370 e. The van der Waals surface area contributed by atoms with E-state index in [4.69, 9.17) is 0 Å². The number of nitrogens with zero attached hydrogens (tertiary/aromatic N) is 3. The Hall–Kier alpha value is -1.16. The third-order valence-corrected chi connectivity index (χ3v) is 4.05. The average Bonchev–Trinajstić information content (AvgIpc) is 2.40. The fourth-order valence-electron chi connectivity index (χ4n) is 2.83. The molecule has 1 aromatic heterocycles. The van der Waals surface area contributed by atoms with Crippen LogP contribution in [0.5, 0.6) is 0 Å². The summed E-state index contributed by atoms with van der Waals surface area (Å²) >= 11 is 0. The molecule has 2 atom stereocenters. The zero-order chi connectivity index (χ0) is 14.5. The van der Waals surface area contributed by atoms with Crippen LogP contribution in [-0.4, -0.2) is 34.0 Å². The van der Waals surface area contributed by atoms with Crippen LogP contribution in [0.15, 0.2) is 6.07 Å². The van der Waals surface area contributed by atoms with Crippen LogP contribution in [0.3, 0.4) is 0 Å². The summed E-state index contributed by atoms with van der Waals surface area (Å²) in [6.07, 6.45) is 3.74. The molecule has 1 N–H and O–H groups in total. The molecule has 2 unspecified atom stereocenters. The van der Waals surface area contributed by atoms with Crippen molar-refractivity contribution >= 4 is 5.82 Å². The number of rotatable bonds is 5. The summed E-state index contributed by atoms with van der Waals surface area (Å²) in [5.41, 5.74) is 1.05. The van der Waals surface area contributed by atoms with Crippen molar-refractivity contribution < 1.29 is 0 Å². The van der Waals surface area contributed by atoms with Crippen molar-refractivity contribution in [1.29, 1.82) is 0 Å². The third kappa shape index (κ3) is 4.17. The van der Waals surface area contributed by atoms with Gasteiger partial charge in [0.15, 0.2) is 0 Å². The zero-order valence-corrected chi connectivity index (χ0v) is 13.3. The lowest BCUT2D eigenvalue weighted by Gasteiger charge is -2.36. The zero-order valence-electron chi connectivity index (χ0n) is 13.3. The van der Waals surface area contributed by atoms with Crippen LogP contribution >= 0.6 is 0 Å². The fraction of sp³-hybridized carbons (Fsp3) is 0.750. The molecular weight excluding hydrogens is 248 g/mol. The SMILES string of the molecule is CCCNc1cc(C)nc(CN2CC(C)CCC2C)n1. The Balaban J connectivity index is 2.05. The molecule has 0 aliphatic carbocycles. The number of nitrogens with one attached hydrogen (secondary N) is 1. The van der Waals surface area contributed by atoms with E-state index in [1.807, 2.05) is 13.0 Å². The maximum absolute atomic E-state index is 4.66. The highest BCUT2D eigenvalue weighted by Crippen LogP contribution is 2.22. The lowest BCUT2D eigenvalue weighted by Crippen LogP contribution is -2.40. The molecule has 1 saturated heterocycles. The van der Waals surface area contributed by atoms with Gasteiger partial charge >= 0.3 is 0 Å². The molecule has 0 amide bonds. The first-order valence-electron chi connectivity index (χ1n) is 7.91. The minimum atomic E-state index is 0.641. The summed E-state index contributed by atoms with van der Waals surface area (Å²) in [4.78, 5) is 11.8. The van der Waals surface area contributed by atoms with E-state index in [1.54, 1.807) is 0 Å². The minimum absolute atomic E-state index is 0.641. The summed E-state index contributed by atoms with van der Waals surface area (Å²) in [6.45, 7) is 11.9. The number of anilines is 1. The van der Waals surface area contributed by atoms with Gasteiger partial charge in [-0.1, -0.05) is 13.8 Å². The number of aromatic nitrogens is 2. The number of hydrogen-bond acceptors (Lipinski definition) is 4. The molecule has 0 radical (unpaired) electrons. The number of likely N-dealkylation sites (tertiary alicyclic amines) is 1. The van der Waals surface area contributed by atoms with Crippen LogP contribution in [0.1, 0.15) is 51.6 Å². The normalized spacial score (nSPS) is 23.8. The largest absolute Gasteiger partial charge is 0.370 e. The highest BCUT2D eigenvalue weighted by Gasteiger charge is 2.23. The Bertz CT molecular complexity index is 432. The van der Waals surface area contributed by atoms with Crippen LogP contribution in [0.4, 0.5) is 5.82 Å². The molecule has 1 aromatic rings. The van der Waals surface area contributed by atoms with Crippen LogP contribution in [0, 0.1) is 12.8 Å². The van der Waals surface area contributed by atoms with Gasteiger partial charge in [-0.15, -0.1) is 0 Å². The average molecular weight is 276 g/mol. The van der Waals surface area contributed by atoms with E-state index >= 15 is 0 Å². The van der Waals surface area contributed by atoms with Crippen LogP contribution in [0.2, 0.25) is 0 Å². The Morgan fingerprint density at radius 1 is 1.30 bits per heavy atom. The Morgan fingerprint density at radius 2 is 2.10 bits per heavy atom. The van der Waals surface area contributed by atoms with Crippen molar-refractivity contribution in [2.75, 3.05) is 18.4 Å². The Kier molecular flexibility index (Phi) is 5.35. The van der Waals surface area contributed by atoms with Crippen LogP contribution in [-0.2, 0) is 6.54 Å². The monoisotopic (exact) mass is 276 g/mol. The molecule has 1 aliphatic rings. The molecule has 20 heavy (non-hydrogen) atoms. The summed E-state index contributed by atoms with van der Waals surface area (Å²) in [6, 6.07) is 2.67. The molecule has 0 aromatic carbocycles. The van der Waals surface area contributed by atoms with E-state index in [2.05, 4.69) is 41.0 Å².